The number of hydrogen-bond acceptors (Lipinski definition) is 4. The van der Waals surface area contributed by atoms with Crippen molar-refractivity contribution < 1.29 is 4.74 Å². The van der Waals surface area contributed by atoms with Gasteiger partial charge in [-0.15, -0.1) is 0 Å². The molecule has 1 aromatic carbocycles. The van der Waals surface area contributed by atoms with E-state index in [0.29, 0.717) is 5.41 Å². The number of likely N-dealkylation sites (N-methyl/N-ethyl adjacent to an activating group) is 1. The van der Waals surface area contributed by atoms with Gasteiger partial charge in [0.15, 0.2) is 0 Å². The van der Waals surface area contributed by atoms with Gasteiger partial charge in [-0.3, -0.25) is 0 Å². The summed E-state index contributed by atoms with van der Waals surface area (Å²) in [6, 6.07) is 8.60. The molecular formula is C17H27N3O. The van der Waals surface area contributed by atoms with Gasteiger partial charge in [-0.25, -0.2) is 0 Å². The minimum Gasteiger partial charge on any atom is -0.492 e. The highest BCUT2D eigenvalue weighted by atomic mass is 16.5. The first-order valence-electron chi connectivity index (χ1n) is 8.00. The summed E-state index contributed by atoms with van der Waals surface area (Å²) in [5, 5.41) is 3.52. The second kappa shape index (κ2) is 6.24. The number of ether oxygens (including phenoxy) is 1. The van der Waals surface area contributed by atoms with Gasteiger partial charge in [0, 0.05) is 37.3 Å². The van der Waals surface area contributed by atoms with E-state index >= 15 is 0 Å². The van der Waals surface area contributed by atoms with Crippen LogP contribution >= 0.6 is 0 Å². The van der Waals surface area contributed by atoms with Crippen molar-refractivity contribution in [2.45, 2.75) is 12.8 Å². The third-order valence-corrected chi connectivity index (χ3v) is 4.78. The molecule has 1 aromatic rings. The molecule has 2 aliphatic heterocycles. The lowest BCUT2D eigenvalue weighted by Gasteiger charge is -2.24. The lowest BCUT2D eigenvalue weighted by atomic mass is 9.86. The van der Waals surface area contributed by atoms with E-state index in [4.69, 9.17) is 4.74 Å². The summed E-state index contributed by atoms with van der Waals surface area (Å²) in [6.07, 6.45) is 2.65. The molecule has 0 aromatic heterocycles. The molecule has 1 N–H and O–H groups in total. The minimum atomic E-state index is 0.529. The zero-order chi connectivity index (χ0) is 14.7. The van der Waals surface area contributed by atoms with E-state index in [1.807, 2.05) is 0 Å². The predicted molar refractivity (Wildman–Crippen MR) is 87.2 cm³/mol. The van der Waals surface area contributed by atoms with Crippen LogP contribution in [-0.4, -0.2) is 58.3 Å². The summed E-state index contributed by atoms with van der Waals surface area (Å²) < 4.78 is 5.76. The zero-order valence-electron chi connectivity index (χ0n) is 13.3. The molecule has 0 saturated carbocycles. The monoisotopic (exact) mass is 289 g/mol. The SMILES string of the molecule is CN(C)CCOc1ccc(N2CCC3(CCNC3)C2)cc1. The Kier molecular flexibility index (Phi) is 4.36. The van der Waals surface area contributed by atoms with Gasteiger partial charge in [0.1, 0.15) is 12.4 Å². The lowest BCUT2D eigenvalue weighted by molar-refractivity contribution is 0.261. The van der Waals surface area contributed by atoms with Crippen molar-refractivity contribution in [3.8, 4) is 5.75 Å². The van der Waals surface area contributed by atoms with Gasteiger partial charge in [-0.05, 0) is 57.7 Å². The molecule has 0 aliphatic carbocycles. The van der Waals surface area contributed by atoms with E-state index in [2.05, 4.69) is 53.5 Å². The van der Waals surface area contributed by atoms with Crippen molar-refractivity contribution in [2.75, 3.05) is 58.3 Å². The number of rotatable bonds is 5. The maximum atomic E-state index is 5.76. The number of benzene rings is 1. The fourth-order valence-corrected chi connectivity index (χ4v) is 3.40. The summed E-state index contributed by atoms with van der Waals surface area (Å²) in [5.74, 6) is 0.969. The average Bonchev–Trinajstić information content (AvgIpc) is 3.10. The first-order valence-corrected chi connectivity index (χ1v) is 8.00. The maximum Gasteiger partial charge on any atom is 0.119 e. The molecule has 0 radical (unpaired) electrons. The third kappa shape index (κ3) is 3.50. The number of hydrogen-bond donors (Lipinski definition) is 1. The fourth-order valence-electron chi connectivity index (χ4n) is 3.40. The van der Waals surface area contributed by atoms with Crippen molar-refractivity contribution in [3.63, 3.8) is 0 Å². The predicted octanol–water partition coefficient (Wildman–Crippen LogP) is 1.82. The van der Waals surface area contributed by atoms with E-state index in [1.54, 1.807) is 0 Å². The van der Waals surface area contributed by atoms with Crippen LogP contribution in [0.3, 0.4) is 0 Å². The number of nitrogens with zero attached hydrogens (tertiary/aromatic N) is 2. The Bertz CT molecular complexity index is 452. The molecular weight excluding hydrogens is 262 g/mol. The minimum absolute atomic E-state index is 0.529. The van der Waals surface area contributed by atoms with Crippen molar-refractivity contribution >= 4 is 5.69 Å². The van der Waals surface area contributed by atoms with Crippen LogP contribution in [0.1, 0.15) is 12.8 Å². The molecule has 3 rings (SSSR count). The molecule has 21 heavy (non-hydrogen) atoms. The van der Waals surface area contributed by atoms with Gasteiger partial charge >= 0.3 is 0 Å². The van der Waals surface area contributed by atoms with Crippen LogP contribution < -0.4 is 15.0 Å². The molecule has 2 fully saturated rings. The normalized spacial score (nSPS) is 25.2. The molecule has 2 heterocycles. The standard InChI is InChI=1S/C17H27N3O/c1-19(2)11-12-21-16-5-3-15(4-6-16)20-10-8-17(14-20)7-9-18-13-17/h3-6,18H,7-14H2,1-2H3. The second-order valence-electron chi connectivity index (χ2n) is 6.74. The van der Waals surface area contributed by atoms with Gasteiger partial charge in [-0.2, -0.15) is 0 Å². The summed E-state index contributed by atoms with van der Waals surface area (Å²) in [6.45, 7) is 6.44. The first-order chi connectivity index (χ1) is 10.2. The van der Waals surface area contributed by atoms with Gasteiger partial charge in [-0.1, -0.05) is 0 Å². The van der Waals surface area contributed by atoms with E-state index in [0.717, 1.165) is 18.9 Å². The van der Waals surface area contributed by atoms with Crippen LogP contribution in [0.2, 0.25) is 0 Å². The summed E-state index contributed by atoms with van der Waals surface area (Å²) in [7, 11) is 4.13. The third-order valence-electron chi connectivity index (χ3n) is 4.78. The van der Waals surface area contributed by atoms with E-state index in [1.165, 1.54) is 44.7 Å². The smallest absolute Gasteiger partial charge is 0.119 e. The maximum absolute atomic E-state index is 5.76. The van der Waals surface area contributed by atoms with Crippen LogP contribution in [0.4, 0.5) is 5.69 Å². The first kappa shape index (κ1) is 14.7. The number of nitrogens with one attached hydrogen (secondary N) is 1. The van der Waals surface area contributed by atoms with Crippen LogP contribution in [0.5, 0.6) is 5.75 Å². The quantitative estimate of drug-likeness (QED) is 0.895. The highest BCUT2D eigenvalue weighted by molar-refractivity contribution is 5.50. The Morgan fingerprint density at radius 2 is 2.05 bits per heavy atom. The van der Waals surface area contributed by atoms with E-state index in [9.17, 15) is 0 Å². The van der Waals surface area contributed by atoms with Crippen molar-refractivity contribution in [3.05, 3.63) is 24.3 Å². The molecule has 2 aliphatic rings. The highest BCUT2D eigenvalue weighted by Crippen LogP contribution is 2.38. The molecule has 4 nitrogen and oxygen atoms in total. The van der Waals surface area contributed by atoms with Crippen LogP contribution in [0, 0.1) is 5.41 Å². The molecule has 116 valence electrons. The molecule has 0 bridgehead atoms. The van der Waals surface area contributed by atoms with Crippen LogP contribution in [-0.2, 0) is 0 Å². The van der Waals surface area contributed by atoms with Gasteiger partial charge in [0.05, 0.1) is 0 Å². The van der Waals surface area contributed by atoms with Gasteiger partial charge in [0.2, 0.25) is 0 Å². The Hall–Kier alpha value is -1.26. The topological polar surface area (TPSA) is 27.7 Å². The van der Waals surface area contributed by atoms with Crippen LogP contribution in [0.25, 0.3) is 0 Å². The summed E-state index contributed by atoms with van der Waals surface area (Å²) >= 11 is 0. The average molecular weight is 289 g/mol. The largest absolute Gasteiger partial charge is 0.492 e. The van der Waals surface area contributed by atoms with E-state index < -0.39 is 0 Å². The number of anilines is 1. The molecule has 1 unspecified atom stereocenters. The lowest BCUT2D eigenvalue weighted by Crippen LogP contribution is -2.29. The van der Waals surface area contributed by atoms with E-state index in [-0.39, 0.29) is 0 Å². The molecule has 1 spiro atoms. The van der Waals surface area contributed by atoms with Crippen molar-refractivity contribution in [1.82, 2.24) is 10.2 Å². The molecule has 1 atom stereocenters. The molecule has 4 heteroatoms. The second-order valence-corrected chi connectivity index (χ2v) is 6.74. The van der Waals surface area contributed by atoms with Gasteiger partial charge < -0.3 is 19.9 Å². The van der Waals surface area contributed by atoms with Crippen molar-refractivity contribution in [1.29, 1.82) is 0 Å². The molecule has 2 saturated heterocycles. The summed E-state index contributed by atoms with van der Waals surface area (Å²) in [4.78, 5) is 4.66. The zero-order valence-corrected chi connectivity index (χ0v) is 13.3. The highest BCUT2D eigenvalue weighted by Gasteiger charge is 2.40. The summed E-state index contributed by atoms with van der Waals surface area (Å²) in [5.41, 5.74) is 1.86. The molecule has 0 amide bonds. The fraction of sp³-hybridized carbons (Fsp3) is 0.647. The van der Waals surface area contributed by atoms with Crippen LogP contribution in [0.15, 0.2) is 24.3 Å². The Morgan fingerprint density at radius 1 is 1.24 bits per heavy atom. The Labute approximate surface area is 128 Å². The Morgan fingerprint density at radius 3 is 2.71 bits per heavy atom. The Balaban J connectivity index is 1.55. The van der Waals surface area contributed by atoms with Gasteiger partial charge in [0.25, 0.3) is 0 Å². The van der Waals surface area contributed by atoms with Crippen molar-refractivity contribution in [2.24, 2.45) is 5.41 Å².